The summed E-state index contributed by atoms with van der Waals surface area (Å²) in [5, 5.41) is 6.59. The van der Waals surface area contributed by atoms with Crippen LogP contribution in [0.1, 0.15) is 12.5 Å². The van der Waals surface area contributed by atoms with Gasteiger partial charge in [-0.3, -0.25) is 4.99 Å². The molecule has 6 nitrogen and oxygen atoms in total. The predicted molar refractivity (Wildman–Crippen MR) is 122 cm³/mol. The quantitative estimate of drug-likeness (QED) is 0.375. The van der Waals surface area contributed by atoms with E-state index in [1.165, 1.54) is 23.5 Å². The number of halogens is 1. The second-order valence-corrected chi connectivity index (χ2v) is 7.54. The molecule has 0 aliphatic heterocycles. The molecular weight excluding hydrogens is 417 g/mol. The third kappa shape index (κ3) is 5.21. The maximum absolute atomic E-state index is 13.4. The largest absolute Gasteiger partial charge is 0.493 e. The van der Waals surface area contributed by atoms with Gasteiger partial charge in [0.05, 0.1) is 39.8 Å². The molecule has 0 spiro atoms. The van der Waals surface area contributed by atoms with E-state index in [9.17, 15) is 4.39 Å². The number of benzene rings is 2. The van der Waals surface area contributed by atoms with E-state index in [4.69, 9.17) is 14.2 Å². The Labute approximate surface area is 184 Å². The van der Waals surface area contributed by atoms with Gasteiger partial charge in [0.25, 0.3) is 0 Å². The summed E-state index contributed by atoms with van der Waals surface area (Å²) in [5.74, 6) is 1.28. The van der Waals surface area contributed by atoms with Crippen LogP contribution in [0.25, 0.3) is 11.3 Å². The van der Waals surface area contributed by atoms with Crippen molar-refractivity contribution in [1.82, 2.24) is 4.68 Å². The Kier molecular flexibility index (Phi) is 7.25. The fraction of sp³-hybridized carbons (Fsp3) is 0.217. The first kappa shape index (κ1) is 22.3. The molecule has 162 valence electrons. The van der Waals surface area contributed by atoms with Gasteiger partial charge in [0.2, 0.25) is 10.6 Å². The molecule has 0 saturated heterocycles. The molecule has 0 bridgehead atoms. The number of hydrogen-bond donors (Lipinski definition) is 0. The molecule has 3 aromatic rings. The van der Waals surface area contributed by atoms with E-state index in [2.05, 4.69) is 16.7 Å². The highest BCUT2D eigenvalue weighted by atomic mass is 32.1. The first-order chi connectivity index (χ1) is 15.0. The van der Waals surface area contributed by atoms with Gasteiger partial charge in [-0.2, -0.15) is 5.10 Å². The number of rotatable bonds is 8. The molecule has 31 heavy (non-hydrogen) atoms. The van der Waals surface area contributed by atoms with Crippen LogP contribution >= 0.6 is 11.3 Å². The van der Waals surface area contributed by atoms with Crippen molar-refractivity contribution in [2.24, 2.45) is 10.1 Å². The molecule has 0 atom stereocenters. The minimum Gasteiger partial charge on any atom is -0.493 e. The Hall–Kier alpha value is -3.39. The van der Waals surface area contributed by atoms with Crippen LogP contribution in [0.2, 0.25) is 0 Å². The molecule has 0 aliphatic carbocycles. The Balaban J connectivity index is 2.10. The first-order valence-electron chi connectivity index (χ1n) is 9.42. The van der Waals surface area contributed by atoms with Gasteiger partial charge in [-0.15, -0.1) is 11.3 Å². The van der Waals surface area contributed by atoms with Crippen LogP contribution in [-0.4, -0.2) is 38.8 Å². The summed E-state index contributed by atoms with van der Waals surface area (Å²) in [4.78, 5) is 5.30. The summed E-state index contributed by atoms with van der Waals surface area (Å²) < 4.78 is 31.3. The molecule has 8 heteroatoms. The second-order valence-electron chi connectivity index (χ2n) is 6.70. The minimum atomic E-state index is -0.293. The Morgan fingerprint density at radius 1 is 1.10 bits per heavy atom. The Morgan fingerprint density at radius 3 is 2.29 bits per heavy atom. The van der Waals surface area contributed by atoms with Gasteiger partial charge in [0, 0.05) is 16.5 Å². The van der Waals surface area contributed by atoms with Gasteiger partial charge >= 0.3 is 0 Å². The molecule has 0 fully saturated rings. The third-order valence-electron chi connectivity index (χ3n) is 4.32. The van der Waals surface area contributed by atoms with Gasteiger partial charge in [-0.05, 0) is 43.3 Å². The standard InChI is InChI=1S/C23H24FN3O3S/c1-15(2)12-25-23-27(19(14-31-23)17-6-8-18(24)9-7-17)26-13-16-10-20(28-3)22(30-5)21(11-16)29-4/h6-11,13-14H,1,12H2,2-5H3. The van der Waals surface area contributed by atoms with E-state index in [0.29, 0.717) is 28.6 Å². The monoisotopic (exact) mass is 441 g/mol. The summed E-state index contributed by atoms with van der Waals surface area (Å²) >= 11 is 1.45. The number of thiazole rings is 1. The lowest BCUT2D eigenvalue weighted by Gasteiger charge is -2.12. The number of methoxy groups -OCH3 is 3. The highest BCUT2D eigenvalue weighted by Gasteiger charge is 2.13. The molecule has 0 radical (unpaired) electrons. The van der Waals surface area contributed by atoms with Crippen molar-refractivity contribution in [3.05, 3.63) is 70.1 Å². The number of nitrogens with zero attached hydrogens (tertiary/aromatic N) is 3. The van der Waals surface area contributed by atoms with Crippen molar-refractivity contribution >= 4 is 17.6 Å². The molecule has 0 amide bonds. The lowest BCUT2D eigenvalue weighted by atomic mass is 10.2. The summed E-state index contributed by atoms with van der Waals surface area (Å²) in [6.07, 6.45) is 1.68. The van der Waals surface area contributed by atoms with Crippen molar-refractivity contribution in [3.8, 4) is 28.5 Å². The van der Waals surface area contributed by atoms with Crippen LogP contribution in [0.15, 0.2) is 64.0 Å². The van der Waals surface area contributed by atoms with E-state index >= 15 is 0 Å². The number of hydrogen-bond acceptors (Lipinski definition) is 6. The van der Waals surface area contributed by atoms with Crippen LogP contribution in [0.5, 0.6) is 17.2 Å². The van der Waals surface area contributed by atoms with E-state index in [0.717, 1.165) is 22.4 Å². The molecule has 0 unspecified atom stereocenters. The summed E-state index contributed by atoms with van der Waals surface area (Å²) in [5.41, 5.74) is 3.33. The number of aromatic nitrogens is 1. The average molecular weight is 442 g/mol. The van der Waals surface area contributed by atoms with Crippen LogP contribution < -0.4 is 19.0 Å². The third-order valence-corrected chi connectivity index (χ3v) is 5.17. The van der Waals surface area contributed by atoms with Gasteiger partial charge in [0.1, 0.15) is 5.82 Å². The predicted octanol–water partition coefficient (Wildman–Crippen LogP) is 4.74. The van der Waals surface area contributed by atoms with Crippen molar-refractivity contribution < 1.29 is 18.6 Å². The fourth-order valence-corrected chi connectivity index (χ4v) is 3.68. The lowest BCUT2D eigenvalue weighted by molar-refractivity contribution is 0.324. The van der Waals surface area contributed by atoms with Crippen LogP contribution in [0.3, 0.4) is 0 Å². The minimum absolute atomic E-state index is 0.293. The van der Waals surface area contributed by atoms with Crippen molar-refractivity contribution in [1.29, 1.82) is 0 Å². The highest BCUT2D eigenvalue weighted by molar-refractivity contribution is 7.07. The van der Waals surface area contributed by atoms with Crippen LogP contribution in [0, 0.1) is 5.82 Å². The van der Waals surface area contributed by atoms with E-state index in [1.807, 2.05) is 12.3 Å². The Morgan fingerprint density at radius 2 is 1.74 bits per heavy atom. The molecule has 0 aliphatic rings. The second kappa shape index (κ2) is 10.1. The van der Waals surface area contributed by atoms with Crippen molar-refractivity contribution in [2.75, 3.05) is 27.9 Å². The summed E-state index contributed by atoms with van der Waals surface area (Å²) in [6, 6.07) is 9.88. The maximum Gasteiger partial charge on any atom is 0.206 e. The van der Waals surface area contributed by atoms with E-state index in [-0.39, 0.29) is 5.82 Å². The zero-order chi connectivity index (χ0) is 22.4. The highest BCUT2D eigenvalue weighted by Crippen LogP contribution is 2.37. The van der Waals surface area contributed by atoms with Gasteiger partial charge in [0.15, 0.2) is 11.5 Å². The molecule has 1 aromatic heterocycles. The van der Waals surface area contributed by atoms with Crippen LogP contribution in [-0.2, 0) is 0 Å². The Bertz CT molecular complexity index is 1140. The first-order valence-corrected chi connectivity index (χ1v) is 10.3. The normalized spacial score (nSPS) is 11.7. The number of ether oxygens (including phenoxy) is 3. The maximum atomic E-state index is 13.4. The summed E-state index contributed by atoms with van der Waals surface area (Å²) in [6.45, 7) is 6.31. The molecule has 3 rings (SSSR count). The zero-order valence-electron chi connectivity index (χ0n) is 17.9. The van der Waals surface area contributed by atoms with E-state index < -0.39 is 0 Å². The zero-order valence-corrected chi connectivity index (χ0v) is 18.7. The molecular formula is C23H24FN3O3S. The average Bonchev–Trinajstić information content (AvgIpc) is 3.18. The molecule has 0 saturated carbocycles. The van der Waals surface area contributed by atoms with Crippen molar-refractivity contribution in [3.63, 3.8) is 0 Å². The SMILES string of the molecule is C=C(C)CN=c1scc(-c2ccc(F)cc2)n1N=Cc1cc(OC)c(OC)c(OC)c1. The van der Waals surface area contributed by atoms with Gasteiger partial charge < -0.3 is 14.2 Å². The molecule has 0 N–H and O–H groups in total. The molecule has 1 heterocycles. The van der Waals surface area contributed by atoms with Crippen molar-refractivity contribution in [2.45, 2.75) is 6.92 Å². The summed E-state index contributed by atoms with van der Waals surface area (Å²) in [7, 11) is 4.68. The smallest absolute Gasteiger partial charge is 0.206 e. The van der Waals surface area contributed by atoms with Gasteiger partial charge in [-0.1, -0.05) is 12.2 Å². The lowest BCUT2D eigenvalue weighted by Crippen LogP contribution is -2.13. The van der Waals surface area contributed by atoms with Crippen LogP contribution in [0.4, 0.5) is 4.39 Å². The topological polar surface area (TPSA) is 57.3 Å². The molecule has 2 aromatic carbocycles. The van der Waals surface area contributed by atoms with E-state index in [1.54, 1.807) is 56.5 Å². The fourth-order valence-electron chi connectivity index (χ4n) is 2.84. The van der Waals surface area contributed by atoms with Gasteiger partial charge in [-0.25, -0.2) is 9.07 Å².